The molecule has 3 atom stereocenters. The number of hydrogen-bond donors (Lipinski definition) is 0. The molecule has 5 heteroatoms. The normalized spacial score (nSPS) is 26.2. The van der Waals surface area contributed by atoms with Crippen LogP contribution in [0.3, 0.4) is 0 Å². The molecule has 0 N–H and O–H groups in total. The third-order valence-electron chi connectivity index (χ3n) is 4.69. The SMILES string of the molecule is C.c1cc(-c2cc(O[C@H]3CCN4CCCC3C4)ncn2)ccn1. The van der Waals surface area contributed by atoms with Crippen molar-refractivity contribution in [3.63, 3.8) is 0 Å². The molecule has 0 saturated carbocycles. The fourth-order valence-electron chi connectivity index (χ4n) is 3.54. The maximum Gasteiger partial charge on any atom is 0.217 e. The van der Waals surface area contributed by atoms with Gasteiger partial charge in [-0.3, -0.25) is 4.98 Å². The van der Waals surface area contributed by atoms with Gasteiger partial charge in [-0.1, -0.05) is 7.43 Å². The summed E-state index contributed by atoms with van der Waals surface area (Å²) in [6.07, 6.45) is 9.07. The number of hydrogen-bond acceptors (Lipinski definition) is 5. The number of fused-ring (bicyclic) bond motifs is 2. The molecule has 0 radical (unpaired) electrons. The number of pyridine rings is 1. The molecule has 2 aliphatic rings. The van der Waals surface area contributed by atoms with E-state index in [2.05, 4.69) is 19.9 Å². The van der Waals surface area contributed by atoms with E-state index in [1.54, 1.807) is 18.7 Å². The first-order valence-electron chi connectivity index (χ1n) is 8.00. The lowest BCUT2D eigenvalue weighted by Crippen LogP contribution is -2.49. The fraction of sp³-hybridized carbons (Fsp3) is 0.500. The molecule has 122 valence electrons. The summed E-state index contributed by atoms with van der Waals surface area (Å²) in [7, 11) is 0. The van der Waals surface area contributed by atoms with E-state index in [1.165, 1.54) is 25.9 Å². The van der Waals surface area contributed by atoms with Gasteiger partial charge in [0.25, 0.3) is 0 Å². The van der Waals surface area contributed by atoms with Crippen molar-refractivity contribution in [2.24, 2.45) is 5.92 Å². The fourth-order valence-corrected chi connectivity index (χ4v) is 3.54. The van der Waals surface area contributed by atoms with Crippen molar-refractivity contribution in [2.45, 2.75) is 32.8 Å². The topological polar surface area (TPSA) is 51.1 Å². The summed E-state index contributed by atoms with van der Waals surface area (Å²) in [5.41, 5.74) is 1.92. The number of nitrogens with zero attached hydrogens (tertiary/aromatic N) is 4. The van der Waals surface area contributed by atoms with Crippen LogP contribution in [0.15, 0.2) is 36.9 Å². The zero-order chi connectivity index (χ0) is 14.8. The Morgan fingerprint density at radius 2 is 1.96 bits per heavy atom. The Bertz CT molecular complexity index is 634. The van der Waals surface area contributed by atoms with E-state index >= 15 is 0 Å². The molecule has 2 bridgehead atoms. The molecule has 2 aromatic heterocycles. The van der Waals surface area contributed by atoms with Crippen LogP contribution in [-0.4, -0.2) is 45.6 Å². The third-order valence-corrected chi connectivity index (χ3v) is 4.69. The lowest BCUT2D eigenvalue weighted by atomic mass is 9.87. The molecule has 2 unspecified atom stereocenters. The number of ether oxygens (including phenoxy) is 1. The lowest BCUT2D eigenvalue weighted by Gasteiger charge is -2.42. The van der Waals surface area contributed by atoms with Gasteiger partial charge in [-0.15, -0.1) is 0 Å². The van der Waals surface area contributed by atoms with Crippen LogP contribution in [0, 0.1) is 5.92 Å². The van der Waals surface area contributed by atoms with Gasteiger partial charge in [0, 0.05) is 43.0 Å². The highest BCUT2D eigenvalue weighted by Gasteiger charge is 2.33. The van der Waals surface area contributed by atoms with Gasteiger partial charge in [0.2, 0.25) is 5.88 Å². The van der Waals surface area contributed by atoms with Crippen molar-refractivity contribution < 1.29 is 4.74 Å². The molecular formula is C18H24N4O. The number of piperidine rings is 2. The largest absolute Gasteiger partial charge is 0.474 e. The summed E-state index contributed by atoms with van der Waals surface area (Å²) in [6, 6.07) is 5.84. The molecule has 0 aliphatic carbocycles. The Labute approximate surface area is 137 Å². The Hall–Kier alpha value is -2.01. The number of rotatable bonds is 3. The zero-order valence-electron chi connectivity index (χ0n) is 12.6. The Kier molecular flexibility index (Phi) is 4.86. The molecule has 2 aromatic rings. The van der Waals surface area contributed by atoms with Gasteiger partial charge in [0.05, 0.1) is 5.69 Å². The van der Waals surface area contributed by atoms with Crippen LogP contribution in [0.2, 0.25) is 0 Å². The Morgan fingerprint density at radius 1 is 1.09 bits per heavy atom. The first-order valence-corrected chi connectivity index (χ1v) is 8.00. The van der Waals surface area contributed by atoms with Gasteiger partial charge in [-0.2, -0.15) is 0 Å². The van der Waals surface area contributed by atoms with Gasteiger partial charge in [0.1, 0.15) is 12.4 Å². The average molecular weight is 312 g/mol. The molecule has 4 heterocycles. The minimum Gasteiger partial charge on any atom is -0.474 e. The van der Waals surface area contributed by atoms with Crippen LogP contribution in [0.5, 0.6) is 5.88 Å². The average Bonchev–Trinajstić information content (AvgIpc) is 2.59. The highest BCUT2D eigenvalue weighted by molar-refractivity contribution is 5.58. The molecule has 4 rings (SSSR count). The first-order chi connectivity index (χ1) is 10.9. The summed E-state index contributed by atoms with van der Waals surface area (Å²) in [5.74, 6) is 1.33. The molecule has 0 amide bonds. The van der Waals surface area contributed by atoms with Crippen LogP contribution in [-0.2, 0) is 0 Å². The standard InChI is InChI=1S/C17H20N4O.CH4/c1-2-14-11-21(8-1)9-5-16(14)22-17-10-15(19-12-20-17)13-3-6-18-7-4-13;/h3-4,6-7,10,12,14,16H,1-2,5,8-9,11H2;1H4/t14?,16-;/m0./s1. The van der Waals surface area contributed by atoms with Crippen LogP contribution in [0.4, 0.5) is 0 Å². The lowest BCUT2D eigenvalue weighted by molar-refractivity contribution is 0.0128. The first kappa shape index (κ1) is 15.9. The van der Waals surface area contributed by atoms with Gasteiger partial charge >= 0.3 is 0 Å². The molecule has 2 aliphatic heterocycles. The Balaban J connectivity index is 0.00000156. The summed E-state index contributed by atoms with van der Waals surface area (Å²) in [5, 5.41) is 0. The molecule has 5 nitrogen and oxygen atoms in total. The van der Waals surface area contributed by atoms with E-state index in [0.717, 1.165) is 24.2 Å². The number of aromatic nitrogens is 3. The van der Waals surface area contributed by atoms with E-state index < -0.39 is 0 Å². The molecule has 23 heavy (non-hydrogen) atoms. The highest BCUT2D eigenvalue weighted by atomic mass is 16.5. The summed E-state index contributed by atoms with van der Waals surface area (Å²) < 4.78 is 6.21. The minimum absolute atomic E-state index is 0. The van der Waals surface area contributed by atoms with Gasteiger partial charge < -0.3 is 9.64 Å². The van der Waals surface area contributed by atoms with E-state index in [0.29, 0.717) is 11.8 Å². The predicted molar refractivity (Wildman–Crippen MR) is 90.2 cm³/mol. The van der Waals surface area contributed by atoms with E-state index in [4.69, 9.17) is 4.74 Å². The maximum atomic E-state index is 6.21. The van der Waals surface area contributed by atoms with E-state index in [1.807, 2.05) is 18.2 Å². The van der Waals surface area contributed by atoms with Gasteiger partial charge in [-0.25, -0.2) is 9.97 Å². The van der Waals surface area contributed by atoms with Crippen molar-refractivity contribution in [2.75, 3.05) is 19.6 Å². The van der Waals surface area contributed by atoms with Crippen molar-refractivity contribution in [1.82, 2.24) is 19.9 Å². The Morgan fingerprint density at radius 3 is 2.83 bits per heavy atom. The monoisotopic (exact) mass is 312 g/mol. The molecular weight excluding hydrogens is 288 g/mol. The van der Waals surface area contributed by atoms with Crippen molar-refractivity contribution in [3.05, 3.63) is 36.9 Å². The summed E-state index contributed by atoms with van der Waals surface area (Å²) in [4.78, 5) is 15.2. The highest BCUT2D eigenvalue weighted by Crippen LogP contribution is 2.30. The van der Waals surface area contributed by atoms with Crippen LogP contribution < -0.4 is 4.74 Å². The van der Waals surface area contributed by atoms with E-state index in [9.17, 15) is 0 Å². The molecule has 0 spiro atoms. The molecule has 2 saturated heterocycles. The summed E-state index contributed by atoms with van der Waals surface area (Å²) in [6.45, 7) is 3.57. The van der Waals surface area contributed by atoms with Crippen molar-refractivity contribution >= 4 is 0 Å². The van der Waals surface area contributed by atoms with Crippen molar-refractivity contribution in [3.8, 4) is 17.1 Å². The molecule has 0 aromatic carbocycles. The quantitative estimate of drug-likeness (QED) is 0.872. The van der Waals surface area contributed by atoms with E-state index in [-0.39, 0.29) is 13.5 Å². The van der Waals surface area contributed by atoms with Gasteiger partial charge in [-0.05, 0) is 37.9 Å². The molecule has 2 fully saturated rings. The zero-order valence-corrected chi connectivity index (χ0v) is 12.6. The smallest absolute Gasteiger partial charge is 0.217 e. The summed E-state index contributed by atoms with van der Waals surface area (Å²) >= 11 is 0. The van der Waals surface area contributed by atoms with Crippen LogP contribution in [0.25, 0.3) is 11.3 Å². The third kappa shape index (κ3) is 3.50. The van der Waals surface area contributed by atoms with Crippen molar-refractivity contribution in [1.29, 1.82) is 0 Å². The van der Waals surface area contributed by atoms with Gasteiger partial charge in [0.15, 0.2) is 0 Å². The van der Waals surface area contributed by atoms with Crippen LogP contribution >= 0.6 is 0 Å². The predicted octanol–water partition coefficient (Wildman–Crippen LogP) is 3.04. The second-order valence-corrected chi connectivity index (χ2v) is 6.13. The maximum absolute atomic E-state index is 6.21. The minimum atomic E-state index is 0. The second kappa shape index (κ2) is 7.04. The second-order valence-electron chi connectivity index (χ2n) is 6.13. The van der Waals surface area contributed by atoms with Crippen LogP contribution in [0.1, 0.15) is 26.7 Å².